The van der Waals surface area contributed by atoms with Gasteiger partial charge in [-0.1, -0.05) is 17.7 Å². The van der Waals surface area contributed by atoms with Crippen molar-refractivity contribution in [2.45, 2.75) is 4.90 Å². The molecule has 2 unspecified atom stereocenters. The fourth-order valence-electron chi connectivity index (χ4n) is 2.83. The van der Waals surface area contributed by atoms with Crippen LogP contribution in [0.25, 0.3) is 0 Å². The molecule has 0 aliphatic carbocycles. The van der Waals surface area contributed by atoms with E-state index in [1.165, 1.54) is 22.5 Å². The molecular weight excluding hydrogens is 291 g/mol. The predicted octanol–water partition coefficient (Wildman–Crippen LogP) is 1.32. The van der Waals surface area contributed by atoms with Crippen molar-refractivity contribution in [3.63, 3.8) is 0 Å². The van der Waals surface area contributed by atoms with Crippen molar-refractivity contribution in [1.82, 2.24) is 9.62 Å². The standard InChI is InChI=1S/C12H14ClFN2O2S/c13-10-2-1-3-11(12(10)14)19(17,18)16-6-8-4-15-5-9(8)7-16/h1-3,8-9,15H,4-7H2. The predicted molar refractivity (Wildman–Crippen MR) is 70.0 cm³/mol. The highest BCUT2D eigenvalue weighted by atomic mass is 35.5. The fraction of sp³-hybridized carbons (Fsp3) is 0.500. The minimum atomic E-state index is -3.79. The highest BCUT2D eigenvalue weighted by molar-refractivity contribution is 7.89. The van der Waals surface area contributed by atoms with Gasteiger partial charge >= 0.3 is 0 Å². The Morgan fingerprint density at radius 1 is 1.26 bits per heavy atom. The Morgan fingerprint density at radius 3 is 2.53 bits per heavy atom. The van der Waals surface area contributed by atoms with Crippen LogP contribution in [0.1, 0.15) is 0 Å². The number of benzene rings is 1. The van der Waals surface area contributed by atoms with Gasteiger partial charge < -0.3 is 5.32 Å². The lowest BCUT2D eigenvalue weighted by Gasteiger charge is -2.18. The molecule has 3 rings (SSSR count). The maximum atomic E-state index is 13.9. The topological polar surface area (TPSA) is 49.4 Å². The first kappa shape index (κ1) is 13.3. The molecule has 1 N–H and O–H groups in total. The minimum absolute atomic E-state index is 0.165. The number of sulfonamides is 1. The summed E-state index contributed by atoms with van der Waals surface area (Å²) in [5, 5.41) is 3.08. The Hall–Kier alpha value is -0.690. The van der Waals surface area contributed by atoms with Crippen molar-refractivity contribution in [3.8, 4) is 0 Å². The van der Waals surface area contributed by atoms with Gasteiger partial charge in [0.2, 0.25) is 10.0 Å². The first-order valence-electron chi connectivity index (χ1n) is 6.15. The summed E-state index contributed by atoms with van der Waals surface area (Å²) in [6.45, 7) is 2.56. The van der Waals surface area contributed by atoms with Crippen LogP contribution >= 0.6 is 11.6 Å². The molecular formula is C12H14ClFN2O2S. The smallest absolute Gasteiger partial charge is 0.246 e. The highest BCUT2D eigenvalue weighted by Crippen LogP contribution is 2.32. The molecule has 1 aromatic rings. The molecule has 2 atom stereocenters. The van der Waals surface area contributed by atoms with Crippen LogP contribution in [0.5, 0.6) is 0 Å². The Morgan fingerprint density at radius 2 is 1.89 bits per heavy atom. The summed E-state index contributed by atoms with van der Waals surface area (Å²) in [6.07, 6.45) is 0. The summed E-state index contributed by atoms with van der Waals surface area (Å²) >= 11 is 5.65. The normalized spacial score (nSPS) is 27.7. The van der Waals surface area contributed by atoms with E-state index in [1.54, 1.807) is 0 Å². The number of rotatable bonds is 2. The van der Waals surface area contributed by atoms with Crippen LogP contribution in [-0.4, -0.2) is 38.9 Å². The van der Waals surface area contributed by atoms with Crippen molar-refractivity contribution >= 4 is 21.6 Å². The number of hydrogen-bond donors (Lipinski definition) is 1. The Labute approximate surface area is 116 Å². The maximum absolute atomic E-state index is 13.9. The van der Waals surface area contributed by atoms with Gasteiger partial charge in [0, 0.05) is 13.1 Å². The average molecular weight is 305 g/mol. The molecule has 2 saturated heterocycles. The molecule has 0 radical (unpaired) electrons. The summed E-state index contributed by atoms with van der Waals surface area (Å²) in [5.74, 6) is -0.201. The number of halogens is 2. The molecule has 0 amide bonds. The second kappa shape index (κ2) is 4.70. The van der Waals surface area contributed by atoms with Crippen LogP contribution in [0.2, 0.25) is 5.02 Å². The summed E-state index contributed by atoms with van der Waals surface area (Å²) in [6, 6.07) is 4.07. The monoisotopic (exact) mass is 304 g/mol. The van der Waals surface area contributed by atoms with Gasteiger partial charge in [0.05, 0.1) is 5.02 Å². The van der Waals surface area contributed by atoms with Crippen LogP contribution < -0.4 is 5.32 Å². The molecule has 7 heteroatoms. The number of fused-ring (bicyclic) bond motifs is 1. The van der Waals surface area contributed by atoms with E-state index in [2.05, 4.69) is 5.32 Å². The number of nitrogens with one attached hydrogen (secondary N) is 1. The molecule has 4 nitrogen and oxygen atoms in total. The summed E-state index contributed by atoms with van der Waals surface area (Å²) in [7, 11) is -3.79. The summed E-state index contributed by atoms with van der Waals surface area (Å²) in [4.78, 5) is -0.326. The van der Waals surface area contributed by atoms with Gasteiger partial charge in [0.25, 0.3) is 0 Å². The fourth-order valence-corrected chi connectivity index (χ4v) is 4.70. The second-order valence-electron chi connectivity index (χ2n) is 5.05. The largest absolute Gasteiger partial charge is 0.316 e. The van der Waals surface area contributed by atoms with Gasteiger partial charge in [-0.2, -0.15) is 4.31 Å². The van der Waals surface area contributed by atoms with Gasteiger partial charge in [-0.25, -0.2) is 12.8 Å². The Bertz CT molecular complexity index is 596. The zero-order valence-corrected chi connectivity index (χ0v) is 11.7. The van der Waals surface area contributed by atoms with E-state index in [0.717, 1.165) is 13.1 Å². The number of nitrogens with zero attached hydrogens (tertiary/aromatic N) is 1. The van der Waals surface area contributed by atoms with Crippen molar-refractivity contribution in [3.05, 3.63) is 29.0 Å². The molecule has 0 bridgehead atoms. The molecule has 2 aliphatic rings. The van der Waals surface area contributed by atoms with Gasteiger partial charge in [-0.15, -0.1) is 0 Å². The van der Waals surface area contributed by atoms with Gasteiger partial charge in [-0.3, -0.25) is 0 Å². The molecule has 104 valence electrons. The SMILES string of the molecule is O=S(=O)(c1cccc(Cl)c1F)N1CC2CNCC2C1. The van der Waals surface area contributed by atoms with E-state index in [1.807, 2.05) is 0 Å². The van der Waals surface area contributed by atoms with Gasteiger partial charge in [0.1, 0.15) is 4.90 Å². The van der Waals surface area contributed by atoms with Crippen molar-refractivity contribution in [2.24, 2.45) is 11.8 Å². The molecule has 2 aliphatic heterocycles. The zero-order chi connectivity index (χ0) is 13.6. The van der Waals surface area contributed by atoms with Crippen LogP contribution in [-0.2, 0) is 10.0 Å². The molecule has 19 heavy (non-hydrogen) atoms. The van der Waals surface area contributed by atoms with Gasteiger partial charge in [0.15, 0.2) is 5.82 Å². The molecule has 0 aromatic heterocycles. The highest BCUT2D eigenvalue weighted by Gasteiger charge is 2.42. The zero-order valence-electron chi connectivity index (χ0n) is 10.1. The Balaban J connectivity index is 1.93. The van der Waals surface area contributed by atoms with E-state index in [-0.39, 0.29) is 9.92 Å². The van der Waals surface area contributed by atoms with E-state index >= 15 is 0 Å². The molecule has 2 heterocycles. The lowest BCUT2D eigenvalue weighted by atomic mass is 10.0. The average Bonchev–Trinajstić information content (AvgIpc) is 2.92. The van der Waals surface area contributed by atoms with E-state index in [4.69, 9.17) is 11.6 Å². The van der Waals surface area contributed by atoms with Crippen molar-refractivity contribution < 1.29 is 12.8 Å². The second-order valence-corrected chi connectivity index (χ2v) is 7.37. The third kappa shape index (κ3) is 2.16. The number of hydrogen-bond acceptors (Lipinski definition) is 3. The first-order valence-corrected chi connectivity index (χ1v) is 7.97. The quantitative estimate of drug-likeness (QED) is 0.896. The summed E-state index contributed by atoms with van der Waals surface area (Å²) < 4.78 is 40.2. The van der Waals surface area contributed by atoms with E-state index < -0.39 is 15.8 Å². The maximum Gasteiger partial charge on any atom is 0.246 e. The van der Waals surface area contributed by atoms with E-state index in [0.29, 0.717) is 24.9 Å². The van der Waals surface area contributed by atoms with Gasteiger partial charge in [-0.05, 0) is 37.1 Å². The van der Waals surface area contributed by atoms with Crippen LogP contribution in [0.3, 0.4) is 0 Å². The summed E-state index contributed by atoms with van der Waals surface area (Å²) in [5.41, 5.74) is 0. The first-order chi connectivity index (χ1) is 9.00. The Kier molecular flexibility index (Phi) is 3.29. The van der Waals surface area contributed by atoms with Crippen LogP contribution in [0, 0.1) is 17.7 Å². The molecule has 2 fully saturated rings. The lowest BCUT2D eigenvalue weighted by molar-refractivity contribution is 0.443. The van der Waals surface area contributed by atoms with Crippen molar-refractivity contribution in [2.75, 3.05) is 26.2 Å². The van der Waals surface area contributed by atoms with Crippen molar-refractivity contribution in [1.29, 1.82) is 0 Å². The lowest BCUT2D eigenvalue weighted by Crippen LogP contribution is -2.32. The third-order valence-electron chi connectivity index (χ3n) is 3.89. The van der Waals surface area contributed by atoms with Crippen LogP contribution in [0.15, 0.2) is 23.1 Å². The van der Waals surface area contributed by atoms with Crippen LogP contribution in [0.4, 0.5) is 4.39 Å². The molecule has 0 spiro atoms. The van der Waals surface area contributed by atoms with E-state index in [9.17, 15) is 12.8 Å². The molecule has 0 saturated carbocycles. The molecule has 1 aromatic carbocycles. The minimum Gasteiger partial charge on any atom is -0.316 e. The third-order valence-corrected chi connectivity index (χ3v) is 6.03.